The van der Waals surface area contributed by atoms with Crippen LogP contribution in [0.1, 0.15) is 34.0 Å². The van der Waals surface area contributed by atoms with Gasteiger partial charge in [-0.3, -0.25) is 19.7 Å². The van der Waals surface area contributed by atoms with Crippen molar-refractivity contribution in [2.45, 2.75) is 33.9 Å². The van der Waals surface area contributed by atoms with E-state index in [1.54, 1.807) is 31.0 Å². The van der Waals surface area contributed by atoms with E-state index in [0.29, 0.717) is 0 Å². The second kappa shape index (κ2) is 40.0. The second-order valence-corrected chi connectivity index (χ2v) is 25.8. The summed E-state index contributed by atoms with van der Waals surface area (Å²) in [5.41, 5.74) is 27.1. The quantitative estimate of drug-likeness (QED) is 0.125. The van der Waals surface area contributed by atoms with Crippen molar-refractivity contribution < 1.29 is 101 Å². The van der Waals surface area contributed by atoms with E-state index in [1.807, 2.05) is 152 Å². The molecule has 0 atom stereocenters. The Morgan fingerprint density at radius 1 is 0.312 bits per heavy atom. The summed E-state index contributed by atoms with van der Waals surface area (Å²) in [7, 11) is 1.94. The van der Waals surface area contributed by atoms with Crippen LogP contribution in [-0.2, 0) is 108 Å². The largest absolute Gasteiger partial charge is 0.351 e. The van der Waals surface area contributed by atoms with Gasteiger partial charge >= 0.3 is 0 Å². The number of aliphatic imine (C=N–C) groups is 2. The summed E-state index contributed by atoms with van der Waals surface area (Å²) in [6.07, 6.45) is 17.9. The van der Waals surface area contributed by atoms with E-state index in [-0.39, 0.29) is 107 Å². The van der Waals surface area contributed by atoms with E-state index < -0.39 is 0 Å². The van der Waals surface area contributed by atoms with E-state index >= 15 is 0 Å². The molecule has 1 aliphatic heterocycles. The van der Waals surface area contributed by atoms with Crippen molar-refractivity contribution in [2.24, 2.45) is 17.0 Å². The predicted octanol–water partition coefficient (Wildman–Crippen LogP) is 21.8. The van der Waals surface area contributed by atoms with Crippen molar-refractivity contribution in [2.75, 3.05) is 0 Å². The molecule has 0 N–H and O–H groups in total. The fourth-order valence-corrected chi connectivity index (χ4v) is 13.1. The zero-order valence-electron chi connectivity index (χ0n) is 61.4. The van der Waals surface area contributed by atoms with Crippen molar-refractivity contribution >= 4 is 56.0 Å². The van der Waals surface area contributed by atoms with Crippen molar-refractivity contribution in [1.82, 2.24) is 48.8 Å². The van der Waals surface area contributed by atoms with Gasteiger partial charge in [0.05, 0.1) is 11.0 Å². The van der Waals surface area contributed by atoms with E-state index in [0.717, 1.165) is 95.6 Å². The van der Waals surface area contributed by atoms with Crippen LogP contribution < -0.4 is 0 Å². The molecule has 0 bridgehead atoms. The Labute approximate surface area is 720 Å². The van der Waals surface area contributed by atoms with Gasteiger partial charge in [-0.05, 0) is 140 Å². The molecule has 9 aromatic heterocycles. The summed E-state index contributed by atoms with van der Waals surface area (Å²) in [5, 5.41) is 9.28. The first-order chi connectivity index (χ1) is 52.6. The number of rotatable bonds is 10. The van der Waals surface area contributed by atoms with Gasteiger partial charge in [-0.25, -0.2) is 0 Å². The number of nitrogens with zero attached hydrogens (tertiary/aromatic N) is 12. The number of aryl methyl sites for hydroxylation is 5. The zero-order valence-corrected chi connectivity index (χ0v) is 73.3. The first-order valence-electron chi connectivity index (χ1n) is 35.3. The average Bonchev–Trinajstić information content (AvgIpc) is 1.60. The molecule has 1 aliphatic rings. The fourth-order valence-electron chi connectivity index (χ4n) is 13.1. The maximum Gasteiger partial charge on any atom is 0.148 e. The smallest absolute Gasteiger partial charge is 0.148 e. The molecular formula is C95H71Ir5N12-5. The Kier molecular flexibility index (Phi) is 29.9. The summed E-state index contributed by atoms with van der Waals surface area (Å²) >= 11 is 0. The van der Waals surface area contributed by atoms with Crippen molar-refractivity contribution in [3.8, 4) is 90.0 Å². The monoisotopic (exact) mass is 2340 g/mol. The third kappa shape index (κ3) is 19.8. The third-order valence-corrected chi connectivity index (χ3v) is 18.3. The van der Waals surface area contributed by atoms with Crippen LogP contribution in [0.25, 0.3) is 134 Å². The van der Waals surface area contributed by atoms with Crippen molar-refractivity contribution in [3.63, 3.8) is 0 Å². The number of pyridine rings is 6. The van der Waals surface area contributed by atoms with Gasteiger partial charge in [-0.2, -0.15) is 5.10 Å². The maximum atomic E-state index is 4.52. The van der Waals surface area contributed by atoms with E-state index in [9.17, 15) is 0 Å². The van der Waals surface area contributed by atoms with Gasteiger partial charge in [0.15, 0.2) is 0 Å². The summed E-state index contributed by atoms with van der Waals surface area (Å²) in [5.74, 6) is 0. The number of hydrogen-bond donors (Lipinski definition) is 0. The molecule has 19 rings (SSSR count). The molecule has 0 fully saturated rings. The van der Waals surface area contributed by atoms with Crippen LogP contribution in [-0.4, -0.2) is 61.2 Å². The van der Waals surface area contributed by atoms with Crippen molar-refractivity contribution in [1.29, 1.82) is 0 Å². The van der Waals surface area contributed by atoms with Gasteiger partial charge in [-0.1, -0.05) is 154 Å². The Morgan fingerprint density at radius 2 is 0.750 bits per heavy atom. The normalized spacial score (nSPS) is 11.0. The molecule has 0 spiro atoms. The molecule has 9 aromatic carbocycles. The Bertz CT molecular complexity index is 6030. The number of benzene rings is 9. The molecule has 0 unspecified atom stereocenters. The Balaban J connectivity index is 0.000000148. The SMILES string of the molecule is Cc1ccnc(-c2[c-]cc(-n3c4ccccc4c4ccccc43)cc2)c1.Cc1ccnc(-c2[c-]ccc(-c3ccnn3C)c2)c1.Cc1ccnc(-c2[c-]ccc(-n3c4ccccc4c4ccccc43)c2)c1.Cc1ccnc(-c2[c-]ccc(C3N=CC=N3)c2)c1.[Ir].[Ir].[Ir].[Ir].[Ir].[c-]1ccc(-c2cccnc2)cc1-c1ccccn1. The minimum Gasteiger partial charge on any atom is -0.351 e. The number of para-hydroxylation sites is 4. The van der Waals surface area contributed by atoms with Crippen LogP contribution in [0.3, 0.4) is 0 Å². The fraction of sp³-hybridized carbons (Fsp3) is 0.0632. The number of aromatic nitrogens is 10. The van der Waals surface area contributed by atoms with Gasteiger partial charge in [0.2, 0.25) is 0 Å². The molecular weight excluding hydrogens is 2270 g/mol. The molecule has 0 saturated carbocycles. The molecule has 0 amide bonds. The van der Waals surface area contributed by atoms with Crippen LogP contribution in [0.5, 0.6) is 0 Å². The van der Waals surface area contributed by atoms with Gasteiger partial charge < -0.3 is 34.1 Å². The molecule has 0 saturated heterocycles. The predicted molar refractivity (Wildman–Crippen MR) is 435 cm³/mol. The topological polar surface area (TPSA) is 130 Å². The molecule has 10 heterocycles. The minimum absolute atomic E-state index is 0. The second-order valence-electron chi connectivity index (χ2n) is 25.8. The van der Waals surface area contributed by atoms with Crippen LogP contribution in [0.2, 0.25) is 0 Å². The molecule has 18 aromatic rings. The van der Waals surface area contributed by atoms with Crippen LogP contribution in [0.4, 0.5) is 0 Å². The standard InChI is InChI=1S/2C24H17N2.C16H14N3.C16H11N2.C15H12N3.5Ir/c1-17-13-14-25-22(15-17)18-7-6-8-19(16-18)26-23-11-4-2-9-20(23)21-10-3-5-12-24(21)26;1-17-14-15-25-22(16-17)18-10-12-19(13-11-18)26-23-8-4-2-6-20(23)21-7-3-5-9-24(21)26;1-12-6-8-17-15(10-12)13-4-3-5-14(11-13)16-7-9-18-19(16)2;1-2-10-18-16(8-1)14-6-3-5-13(11-14)15-7-4-9-17-12-15;1-11-5-6-16-14(9-11)12-3-2-4-13(10-12)15-17-7-8-18-15;;;;;/h2-6,8-16H,1H3;2-10,12-16H,1H3;3,5-11H,1-2H3;1-5,7-12H;2,4-10,15H,1H3;;;;;/q5*-1;;;;;. The van der Waals surface area contributed by atoms with Gasteiger partial charge in [0.1, 0.15) is 6.17 Å². The van der Waals surface area contributed by atoms with Gasteiger partial charge in [-0.15, -0.1) is 149 Å². The molecule has 0 aliphatic carbocycles. The Hall–Kier alpha value is -10.7. The zero-order chi connectivity index (χ0) is 72.8. The summed E-state index contributed by atoms with van der Waals surface area (Å²) < 4.78 is 6.48. The van der Waals surface area contributed by atoms with E-state index in [4.69, 9.17) is 0 Å². The summed E-state index contributed by atoms with van der Waals surface area (Å²) in [6, 6.07) is 109. The molecule has 12 nitrogen and oxygen atoms in total. The third-order valence-electron chi connectivity index (χ3n) is 18.3. The minimum atomic E-state index is -0.108. The molecule has 112 heavy (non-hydrogen) atoms. The first-order valence-corrected chi connectivity index (χ1v) is 35.3. The van der Waals surface area contributed by atoms with Crippen molar-refractivity contribution in [3.05, 3.63) is 381 Å². The summed E-state index contributed by atoms with van der Waals surface area (Å²) in [4.78, 5) is 34.8. The van der Waals surface area contributed by atoms with Crippen LogP contribution in [0.15, 0.2) is 333 Å². The van der Waals surface area contributed by atoms with Gasteiger partial charge in [0.25, 0.3) is 0 Å². The number of hydrogen-bond acceptors (Lipinski definition) is 9. The van der Waals surface area contributed by atoms with Gasteiger partial charge in [0, 0.05) is 208 Å². The Morgan fingerprint density at radius 3 is 1.21 bits per heavy atom. The van der Waals surface area contributed by atoms with E-state index in [1.165, 1.54) is 65.9 Å². The van der Waals surface area contributed by atoms with Crippen LogP contribution in [0, 0.1) is 58.0 Å². The maximum absolute atomic E-state index is 4.52. The summed E-state index contributed by atoms with van der Waals surface area (Å²) in [6.45, 7) is 8.29. The first kappa shape index (κ1) is 83.7. The van der Waals surface area contributed by atoms with E-state index in [2.05, 4.69) is 276 Å². The molecule has 17 heteroatoms. The number of fused-ring (bicyclic) bond motifs is 6. The van der Waals surface area contributed by atoms with Crippen LogP contribution >= 0.6 is 0 Å². The average molecular weight is 2340 g/mol. The molecule has 561 valence electrons. The molecule has 5 radical (unpaired) electrons.